The molecule has 1 unspecified atom stereocenters. The van der Waals surface area contributed by atoms with Gasteiger partial charge in [0.25, 0.3) is 5.91 Å². The normalized spacial score (nSPS) is 26.3. The number of rotatable bonds is 5. The van der Waals surface area contributed by atoms with E-state index >= 15 is 0 Å². The average Bonchev–Trinajstić information content (AvgIpc) is 2.65. The number of carbonyl (C=O) groups excluding carboxylic acids is 3. The van der Waals surface area contributed by atoms with Gasteiger partial charge in [-0.15, -0.1) is 0 Å². The van der Waals surface area contributed by atoms with Crippen LogP contribution in [0.5, 0.6) is 0 Å². The fraction of sp³-hybridized carbons (Fsp3) is 0.824. The second-order valence-corrected chi connectivity index (χ2v) is 7.51. The second kappa shape index (κ2) is 7.32. The number of hydrogen-bond donors (Lipinski definition) is 2. The van der Waals surface area contributed by atoms with Crippen molar-refractivity contribution in [2.75, 3.05) is 6.54 Å². The van der Waals surface area contributed by atoms with Gasteiger partial charge in [-0.3, -0.25) is 14.5 Å². The van der Waals surface area contributed by atoms with Crippen LogP contribution in [0.15, 0.2) is 0 Å². The Morgan fingerprint density at radius 1 is 1.26 bits per heavy atom. The summed E-state index contributed by atoms with van der Waals surface area (Å²) >= 11 is 0. The van der Waals surface area contributed by atoms with Gasteiger partial charge in [-0.05, 0) is 32.1 Å². The molecule has 0 spiro atoms. The van der Waals surface area contributed by atoms with E-state index in [0.717, 1.165) is 30.6 Å². The number of hydrogen-bond acceptors (Lipinski definition) is 3. The lowest BCUT2D eigenvalue weighted by molar-refractivity contribution is -0.135. The molecule has 0 aromatic heterocycles. The maximum atomic E-state index is 12.5. The van der Waals surface area contributed by atoms with E-state index in [1.54, 1.807) is 6.92 Å². The van der Waals surface area contributed by atoms with Gasteiger partial charge in [0, 0.05) is 6.04 Å². The smallest absolute Gasteiger partial charge is 0.325 e. The lowest BCUT2D eigenvalue weighted by atomic mass is 9.91. The molecule has 2 fully saturated rings. The van der Waals surface area contributed by atoms with Crippen molar-refractivity contribution < 1.29 is 14.4 Å². The Labute approximate surface area is 138 Å². The number of carbonyl (C=O) groups is 3. The summed E-state index contributed by atoms with van der Waals surface area (Å²) in [5, 5.41) is 5.72. The van der Waals surface area contributed by atoms with E-state index in [2.05, 4.69) is 10.6 Å². The SMILES string of the molecule is CC(C)CC1(C)NC(=O)N(CC(=O)NC2CCCCCC2)C1=O. The minimum atomic E-state index is -0.895. The molecular weight excluding hydrogens is 294 g/mol. The minimum absolute atomic E-state index is 0.174. The molecule has 0 aromatic carbocycles. The molecule has 1 heterocycles. The average molecular weight is 323 g/mol. The van der Waals surface area contributed by atoms with Crippen molar-refractivity contribution in [2.24, 2.45) is 5.92 Å². The third-order valence-electron chi connectivity index (χ3n) is 4.68. The highest BCUT2D eigenvalue weighted by Gasteiger charge is 2.48. The molecule has 6 heteroatoms. The third kappa shape index (κ3) is 4.45. The van der Waals surface area contributed by atoms with Gasteiger partial charge in [-0.25, -0.2) is 4.79 Å². The Morgan fingerprint density at radius 2 is 1.87 bits per heavy atom. The summed E-state index contributed by atoms with van der Waals surface area (Å²) in [6.45, 7) is 5.56. The van der Waals surface area contributed by atoms with Crippen LogP contribution in [0.2, 0.25) is 0 Å². The zero-order valence-electron chi connectivity index (χ0n) is 14.5. The molecule has 2 rings (SSSR count). The van der Waals surface area contributed by atoms with Crippen LogP contribution in [0.4, 0.5) is 4.79 Å². The fourth-order valence-electron chi connectivity index (χ4n) is 3.69. The van der Waals surface area contributed by atoms with Crippen molar-refractivity contribution in [3.05, 3.63) is 0 Å². The van der Waals surface area contributed by atoms with E-state index in [1.807, 2.05) is 13.8 Å². The number of nitrogens with zero attached hydrogens (tertiary/aromatic N) is 1. The van der Waals surface area contributed by atoms with Gasteiger partial charge in [0.15, 0.2) is 0 Å². The maximum Gasteiger partial charge on any atom is 0.325 e. The Hall–Kier alpha value is -1.59. The molecule has 4 amide bonds. The molecule has 1 aliphatic heterocycles. The van der Waals surface area contributed by atoms with Crippen LogP contribution < -0.4 is 10.6 Å². The Morgan fingerprint density at radius 3 is 2.43 bits per heavy atom. The highest BCUT2D eigenvalue weighted by molar-refractivity contribution is 6.08. The molecule has 2 N–H and O–H groups in total. The summed E-state index contributed by atoms with van der Waals surface area (Å²) < 4.78 is 0. The van der Waals surface area contributed by atoms with Gasteiger partial charge in [0.2, 0.25) is 5.91 Å². The van der Waals surface area contributed by atoms with E-state index in [1.165, 1.54) is 12.8 Å². The molecular formula is C17H29N3O3. The summed E-state index contributed by atoms with van der Waals surface area (Å²) in [4.78, 5) is 37.9. The summed E-state index contributed by atoms with van der Waals surface area (Å²) in [5.41, 5.74) is -0.895. The zero-order chi connectivity index (χ0) is 17.0. The molecule has 1 saturated heterocycles. The quantitative estimate of drug-likeness (QED) is 0.601. The second-order valence-electron chi connectivity index (χ2n) is 7.51. The van der Waals surface area contributed by atoms with E-state index in [-0.39, 0.29) is 30.3 Å². The topological polar surface area (TPSA) is 78.5 Å². The predicted octanol–water partition coefficient (Wildman–Crippen LogP) is 2.18. The van der Waals surface area contributed by atoms with E-state index in [0.29, 0.717) is 6.42 Å². The first-order valence-corrected chi connectivity index (χ1v) is 8.75. The number of urea groups is 1. The van der Waals surface area contributed by atoms with Crippen molar-refractivity contribution in [3.63, 3.8) is 0 Å². The Balaban J connectivity index is 1.92. The van der Waals surface area contributed by atoms with Crippen LogP contribution in [-0.4, -0.2) is 40.9 Å². The van der Waals surface area contributed by atoms with Gasteiger partial charge in [-0.2, -0.15) is 0 Å². The molecule has 23 heavy (non-hydrogen) atoms. The lowest BCUT2D eigenvalue weighted by Crippen LogP contribution is -2.47. The molecule has 2 aliphatic rings. The molecule has 0 radical (unpaired) electrons. The van der Waals surface area contributed by atoms with E-state index in [4.69, 9.17) is 0 Å². The van der Waals surface area contributed by atoms with E-state index in [9.17, 15) is 14.4 Å². The van der Waals surface area contributed by atoms with Crippen molar-refractivity contribution in [3.8, 4) is 0 Å². The number of nitrogens with one attached hydrogen (secondary N) is 2. The maximum absolute atomic E-state index is 12.5. The van der Waals surface area contributed by atoms with E-state index < -0.39 is 11.6 Å². The highest BCUT2D eigenvalue weighted by atomic mass is 16.2. The van der Waals surface area contributed by atoms with Crippen LogP contribution in [-0.2, 0) is 9.59 Å². The minimum Gasteiger partial charge on any atom is -0.352 e. The standard InChI is InChI=1S/C17H29N3O3/c1-12(2)10-17(3)15(22)20(16(23)19-17)11-14(21)18-13-8-6-4-5-7-9-13/h12-13H,4-11H2,1-3H3,(H,18,21)(H,19,23). The third-order valence-corrected chi connectivity index (χ3v) is 4.68. The zero-order valence-corrected chi connectivity index (χ0v) is 14.5. The first kappa shape index (κ1) is 17.8. The van der Waals surface area contributed by atoms with Gasteiger partial charge < -0.3 is 10.6 Å². The predicted molar refractivity (Wildman–Crippen MR) is 87.7 cm³/mol. The lowest BCUT2D eigenvalue weighted by Gasteiger charge is -2.23. The van der Waals surface area contributed by atoms with Crippen molar-refractivity contribution >= 4 is 17.8 Å². The fourth-order valence-corrected chi connectivity index (χ4v) is 3.69. The Kier molecular flexibility index (Phi) is 5.65. The molecule has 0 bridgehead atoms. The van der Waals surface area contributed by atoms with Crippen LogP contribution in [0.1, 0.15) is 65.7 Å². The summed E-state index contributed by atoms with van der Waals surface area (Å²) in [7, 11) is 0. The molecule has 1 saturated carbocycles. The molecule has 6 nitrogen and oxygen atoms in total. The van der Waals surface area contributed by atoms with Crippen LogP contribution in [0.3, 0.4) is 0 Å². The Bertz CT molecular complexity index is 470. The van der Waals surface area contributed by atoms with Gasteiger partial charge >= 0.3 is 6.03 Å². The first-order chi connectivity index (χ1) is 10.8. The number of amides is 4. The number of imide groups is 1. The largest absolute Gasteiger partial charge is 0.352 e. The van der Waals surface area contributed by atoms with Gasteiger partial charge in [0.05, 0.1) is 0 Å². The monoisotopic (exact) mass is 323 g/mol. The molecule has 1 aliphatic carbocycles. The summed E-state index contributed by atoms with van der Waals surface area (Å²) in [5.74, 6) is -0.259. The van der Waals surface area contributed by atoms with Crippen molar-refractivity contribution in [1.82, 2.24) is 15.5 Å². The summed E-state index contributed by atoms with van der Waals surface area (Å²) in [6, 6.07) is -0.290. The summed E-state index contributed by atoms with van der Waals surface area (Å²) in [6.07, 6.45) is 7.22. The molecule has 130 valence electrons. The van der Waals surface area contributed by atoms with Crippen molar-refractivity contribution in [2.45, 2.75) is 77.3 Å². The van der Waals surface area contributed by atoms with Crippen molar-refractivity contribution in [1.29, 1.82) is 0 Å². The molecule has 0 aromatic rings. The molecule has 1 atom stereocenters. The van der Waals surface area contributed by atoms with Crippen LogP contribution in [0, 0.1) is 5.92 Å². The van der Waals surface area contributed by atoms with Crippen LogP contribution in [0.25, 0.3) is 0 Å². The van der Waals surface area contributed by atoms with Gasteiger partial charge in [0.1, 0.15) is 12.1 Å². The van der Waals surface area contributed by atoms with Gasteiger partial charge in [-0.1, -0.05) is 39.5 Å². The van der Waals surface area contributed by atoms with Crippen LogP contribution >= 0.6 is 0 Å². The highest BCUT2D eigenvalue weighted by Crippen LogP contribution is 2.25. The first-order valence-electron chi connectivity index (χ1n) is 8.75.